The highest BCUT2D eigenvalue weighted by Gasteiger charge is 2.49. The maximum atomic E-state index is 14.6. The second-order valence-electron chi connectivity index (χ2n) is 10.1. The van der Waals surface area contributed by atoms with Gasteiger partial charge in [0, 0.05) is 48.4 Å². The van der Waals surface area contributed by atoms with E-state index in [4.69, 9.17) is 9.97 Å². The Balaban J connectivity index is 1.33. The lowest BCUT2D eigenvalue weighted by molar-refractivity contribution is 0.208. The predicted octanol–water partition coefficient (Wildman–Crippen LogP) is 4.88. The van der Waals surface area contributed by atoms with Gasteiger partial charge in [0.15, 0.2) is 10.9 Å². The van der Waals surface area contributed by atoms with E-state index < -0.39 is 0 Å². The molecule has 166 valence electrons. The lowest BCUT2D eigenvalue weighted by atomic mass is 9.84. The highest BCUT2D eigenvalue weighted by molar-refractivity contribution is 7.21. The van der Waals surface area contributed by atoms with Gasteiger partial charge in [-0.15, -0.1) is 0 Å². The highest BCUT2D eigenvalue weighted by atomic mass is 32.1. The molecule has 0 spiro atoms. The Morgan fingerprint density at radius 1 is 1.16 bits per heavy atom. The van der Waals surface area contributed by atoms with Crippen molar-refractivity contribution in [1.29, 1.82) is 0 Å². The largest absolute Gasteiger partial charge is 0.348 e. The summed E-state index contributed by atoms with van der Waals surface area (Å²) >= 11 is 1.61. The second-order valence-corrected chi connectivity index (χ2v) is 11.1. The summed E-state index contributed by atoms with van der Waals surface area (Å²) in [5.74, 6) is -0.327. The fourth-order valence-corrected chi connectivity index (χ4v) is 6.70. The van der Waals surface area contributed by atoms with E-state index in [-0.39, 0.29) is 16.9 Å². The Morgan fingerprint density at radius 3 is 2.66 bits per heavy atom. The van der Waals surface area contributed by atoms with Gasteiger partial charge in [-0.3, -0.25) is 4.68 Å². The normalized spacial score (nSPS) is 27.5. The molecule has 8 heteroatoms. The Labute approximate surface area is 190 Å². The minimum absolute atomic E-state index is 0.211. The van der Waals surface area contributed by atoms with E-state index in [1.54, 1.807) is 23.1 Å². The molecular weight excluding hydrogens is 423 g/mol. The van der Waals surface area contributed by atoms with Gasteiger partial charge >= 0.3 is 0 Å². The molecule has 2 bridgehead atoms. The number of nitrogens with one attached hydrogen (secondary N) is 1. The summed E-state index contributed by atoms with van der Waals surface area (Å²) in [6.07, 6.45) is 6.54. The molecule has 32 heavy (non-hydrogen) atoms. The first-order chi connectivity index (χ1) is 15.2. The zero-order valence-corrected chi connectivity index (χ0v) is 19.6. The number of aromatic nitrogens is 4. The summed E-state index contributed by atoms with van der Waals surface area (Å²) in [7, 11) is 3.96. The topological polar surface area (TPSA) is 58.9 Å². The number of piperidine rings is 1. The van der Waals surface area contributed by atoms with Gasteiger partial charge in [-0.25, -0.2) is 14.4 Å². The van der Waals surface area contributed by atoms with E-state index in [1.165, 1.54) is 18.9 Å². The summed E-state index contributed by atoms with van der Waals surface area (Å²) in [5, 5.41) is 9.82. The highest BCUT2D eigenvalue weighted by Crippen LogP contribution is 2.44. The molecule has 2 aliphatic heterocycles. The van der Waals surface area contributed by atoms with Crippen LogP contribution >= 0.6 is 11.3 Å². The monoisotopic (exact) mass is 450 g/mol. The zero-order valence-electron chi connectivity index (χ0n) is 18.8. The van der Waals surface area contributed by atoms with Crippen LogP contribution in [-0.4, -0.2) is 43.9 Å². The molecule has 0 aliphatic carbocycles. The van der Waals surface area contributed by atoms with Crippen molar-refractivity contribution in [2.45, 2.75) is 56.7 Å². The molecule has 3 aromatic heterocycles. The molecule has 2 saturated heterocycles. The molecule has 6 rings (SSSR count). The number of benzene rings is 1. The van der Waals surface area contributed by atoms with Crippen molar-refractivity contribution in [3.8, 4) is 11.3 Å². The maximum absolute atomic E-state index is 14.6. The number of fused-ring (bicyclic) bond motifs is 4. The summed E-state index contributed by atoms with van der Waals surface area (Å²) < 4.78 is 16.2. The number of aryl methyl sites for hydroxylation is 1. The van der Waals surface area contributed by atoms with Crippen molar-refractivity contribution in [3.63, 3.8) is 0 Å². The van der Waals surface area contributed by atoms with Gasteiger partial charge in [-0.1, -0.05) is 11.3 Å². The number of rotatable bonds is 3. The molecule has 1 N–H and O–H groups in total. The molecule has 1 aromatic carbocycles. The van der Waals surface area contributed by atoms with Crippen molar-refractivity contribution in [3.05, 3.63) is 36.3 Å². The molecule has 2 aliphatic rings. The third-order valence-corrected chi connectivity index (χ3v) is 8.33. The predicted molar refractivity (Wildman–Crippen MR) is 128 cm³/mol. The zero-order chi connectivity index (χ0) is 22.3. The lowest BCUT2D eigenvalue weighted by Crippen LogP contribution is -2.58. The Morgan fingerprint density at radius 2 is 1.91 bits per heavy atom. The third-order valence-electron chi connectivity index (χ3n) is 7.27. The van der Waals surface area contributed by atoms with Gasteiger partial charge in [0.2, 0.25) is 0 Å². The molecule has 0 saturated carbocycles. The Bertz CT molecular complexity index is 1340. The second kappa shape index (κ2) is 6.71. The lowest BCUT2D eigenvalue weighted by Gasteiger charge is -2.45. The van der Waals surface area contributed by atoms with E-state index in [1.807, 2.05) is 24.4 Å². The first-order valence-electron chi connectivity index (χ1n) is 11.1. The van der Waals surface area contributed by atoms with Crippen LogP contribution in [0.15, 0.2) is 30.5 Å². The molecule has 0 amide bonds. The van der Waals surface area contributed by atoms with Crippen molar-refractivity contribution in [2.24, 2.45) is 7.05 Å². The minimum Gasteiger partial charge on any atom is -0.348 e. The van der Waals surface area contributed by atoms with Crippen LogP contribution in [0.5, 0.6) is 0 Å². The van der Waals surface area contributed by atoms with Gasteiger partial charge in [0.05, 0.1) is 5.69 Å². The smallest absolute Gasteiger partial charge is 0.187 e. The number of nitrogens with zero attached hydrogens (tertiary/aromatic N) is 5. The summed E-state index contributed by atoms with van der Waals surface area (Å²) in [6, 6.07) is 7.83. The van der Waals surface area contributed by atoms with Crippen molar-refractivity contribution in [2.75, 3.05) is 11.9 Å². The number of thiazole rings is 1. The van der Waals surface area contributed by atoms with Crippen LogP contribution in [-0.2, 0) is 7.05 Å². The van der Waals surface area contributed by atoms with Gasteiger partial charge in [-0.2, -0.15) is 5.10 Å². The van der Waals surface area contributed by atoms with Crippen LogP contribution in [0.2, 0.25) is 0 Å². The average Bonchev–Trinajstić information content (AvgIpc) is 3.39. The standard InChI is InChI=1S/C24H27FN6S/c1-23-7-8-24(2,29-23)12-16(11-23)31(4)22-27-19-6-5-18(26-21(19)32-22)14-9-15-13-30(3)28-20(15)17(25)10-14/h5-6,9-10,13,16,29H,7-8,11-12H2,1-4H3/t16-,23+,24-. The van der Waals surface area contributed by atoms with Gasteiger partial charge in [0.1, 0.15) is 15.9 Å². The van der Waals surface area contributed by atoms with Crippen LogP contribution in [0.25, 0.3) is 32.5 Å². The maximum Gasteiger partial charge on any atom is 0.187 e. The number of hydrogen-bond donors (Lipinski definition) is 1. The van der Waals surface area contributed by atoms with E-state index in [0.717, 1.165) is 45.0 Å². The SMILES string of the molecule is CN(c1nc2ccc(-c3cc(F)c4nn(C)cc4c3)nc2s1)[C@@H]1C[C@]2(C)CC[C@](C)(C1)N2. The summed E-state index contributed by atoms with van der Waals surface area (Å²) in [4.78, 5) is 12.9. The summed E-state index contributed by atoms with van der Waals surface area (Å²) in [5.41, 5.74) is 3.20. The van der Waals surface area contributed by atoms with E-state index in [9.17, 15) is 4.39 Å². The molecule has 0 unspecified atom stereocenters. The Hall–Kier alpha value is -2.58. The van der Waals surface area contributed by atoms with Crippen LogP contribution in [0, 0.1) is 5.82 Å². The van der Waals surface area contributed by atoms with Crippen molar-refractivity contribution >= 4 is 37.7 Å². The molecular formula is C24H27FN6S. The molecule has 2 fully saturated rings. The quantitative estimate of drug-likeness (QED) is 0.482. The molecule has 4 aromatic rings. The Kier molecular flexibility index (Phi) is 4.21. The van der Waals surface area contributed by atoms with Crippen LogP contribution in [0.1, 0.15) is 39.5 Å². The average molecular weight is 451 g/mol. The van der Waals surface area contributed by atoms with Crippen LogP contribution < -0.4 is 10.2 Å². The number of pyridine rings is 1. The minimum atomic E-state index is -0.327. The van der Waals surface area contributed by atoms with Crippen LogP contribution in [0.4, 0.5) is 9.52 Å². The van der Waals surface area contributed by atoms with Crippen molar-refractivity contribution < 1.29 is 4.39 Å². The fraction of sp³-hybridized carbons (Fsp3) is 0.458. The van der Waals surface area contributed by atoms with E-state index in [0.29, 0.717) is 11.6 Å². The van der Waals surface area contributed by atoms with E-state index >= 15 is 0 Å². The van der Waals surface area contributed by atoms with Crippen LogP contribution in [0.3, 0.4) is 0 Å². The van der Waals surface area contributed by atoms with Crippen molar-refractivity contribution in [1.82, 2.24) is 25.1 Å². The van der Waals surface area contributed by atoms with Gasteiger partial charge in [0.25, 0.3) is 0 Å². The third kappa shape index (κ3) is 3.19. The molecule has 0 radical (unpaired) electrons. The molecule has 5 heterocycles. The number of anilines is 1. The molecule has 6 nitrogen and oxygen atoms in total. The molecule has 3 atom stereocenters. The number of hydrogen-bond acceptors (Lipinski definition) is 6. The summed E-state index contributed by atoms with van der Waals surface area (Å²) in [6.45, 7) is 4.70. The first kappa shape index (κ1) is 20.1. The van der Waals surface area contributed by atoms with Gasteiger partial charge < -0.3 is 10.2 Å². The number of halogens is 1. The van der Waals surface area contributed by atoms with Gasteiger partial charge in [-0.05, 0) is 63.8 Å². The first-order valence-corrected chi connectivity index (χ1v) is 12.0. The van der Waals surface area contributed by atoms with E-state index in [2.05, 4.69) is 36.2 Å². The fourth-order valence-electron chi connectivity index (χ4n) is 5.73.